The molecule has 0 atom stereocenters. The summed E-state index contributed by atoms with van der Waals surface area (Å²) in [6.07, 6.45) is 7.19. The maximum atomic E-state index is 12.8. The standard InChI is InChI=1S/C27H33N5O2/c1-21-12-13-25(28-19-22(18-21)20-29-34)31-27(23-8-4-2-5-9-23)14-16-32(17-15-27)26(33)30-24-10-6-3-7-11-24/h2-11,18-19,29,34H,12-17,20H2,1H3,(H,28,31)(H,30,33). The predicted octanol–water partition coefficient (Wildman–Crippen LogP) is 4.80. The number of amidine groups is 1. The first-order chi connectivity index (χ1) is 16.6. The summed E-state index contributed by atoms with van der Waals surface area (Å²) in [5.41, 5.74) is 6.02. The number of hydrogen-bond acceptors (Lipinski definition) is 4. The monoisotopic (exact) mass is 459 g/mol. The number of piperidine rings is 1. The van der Waals surface area contributed by atoms with E-state index in [0.717, 1.165) is 42.8 Å². The van der Waals surface area contributed by atoms with Gasteiger partial charge in [-0.1, -0.05) is 60.2 Å². The number of aliphatic imine (C=N–C) groups is 1. The van der Waals surface area contributed by atoms with Crippen molar-refractivity contribution in [3.63, 3.8) is 0 Å². The van der Waals surface area contributed by atoms with Gasteiger partial charge in [0.25, 0.3) is 0 Å². The maximum absolute atomic E-state index is 12.8. The van der Waals surface area contributed by atoms with Crippen LogP contribution < -0.4 is 16.1 Å². The fourth-order valence-electron chi connectivity index (χ4n) is 4.55. The molecule has 4 rings (SSSR count). The second-order valence-electron chi connectivity index (χ2n) is 8.93. The van der Waals surface area contributed by atoms with Crippen molar-refractivity contribution >= 4 is 17.6 Å². The molecule has 0 unspecified atom stereocenters. The molecule has 0 spiro atoms. The number of rotatable bonds is 5. The van der Waals surface area contributed by atoms with E-state index in [-0.39, 0.29) is 6.03 Å². The van der Waals surface area contributed by atoms with Gasteiger partial charge in [0.1, 0.15) is 5.84 Å². The van der Waals surface area contributed by atoms with Crippen LogP contribution in [0.2, 0.25) is 0 Å². The van der Waals surface area contributed by atoms with Crippen molar-refractivity contribution in [2.75, 3.05) is 25.0 Å². The highest BCUT2D eigenvalue weighted by Gasteiger charge is 2.37. The lowest BCUT2D eigenvalue weighted by Gasteiger charge is -2.40. The third kappa shape index (κ3) is 5.92. The molecule has 2 aliphatic rings. The zero-order valence-corrected chi connectivity index (χ0v) is 19.6. The van der Waals surface area contributed by atoms with Crippen LogP contribution in [0.4, 0.5) is 10.5 Å². The highest BCUT2D eigenvalue weighted by molar-refractivity contribution is 5.89. The van der Waals surface area contributed by atoms with Crippen LogP contribution in [0.1, 0.15) is 38.2 Å². The Morgan fingerprint density at radius 3 is 2.41 bits per heavy atom. The Kier molecular flexibility index (Phi) is 7.77. The molecule has 178 valence electrons. The van der Waals surface area contributed by atoms with Crippen LogP contribution in [0, 0.1) is 0 Å². The molecule has 4 N–H and O–H groups in total. The highest BCUT2D eigenvalue weighted by atomic mass is 16.5. The lowest BCUT2D eigenvalue weighted by molar-refractivity contribution is 0.170. The first-order valence-electron chi connectivity index (χ1n) is 11.8. The fourth-order valence-corrected chi connectivity index (χ4v) is 4.55. The van der Waals surface area contributed by atoms with E-state index in [1.165, 1.54) is 11.1 Å². The van der Waals surface area contributed by atoms with Gasteiger partial charge in [-0.15, -0.1) is 0 Å². The van der Waals surface area contributed by atoms with Crippen molar-refractivity contribution in [2.24, 2.45) is 4.99 Å². The first-order valence-corrected chi connectivity index (χ1v) is 11.8. The minimum Gasteiger partial charge on any atom is -0.350 e. The van der Waals surface area contributed by atoms with E-state index < -0.39 is 5.54 Å². The van der Waals surface area contributed by atoms with E-state index >= 15 is 0 Å². The Labute approximate surface area is 201 Å². The minimum absolute atomic E-state index is 0.0746. The van der Waals surface area contributed by atoms with E-state index in [1.54, 1.807) is 0 Å². The molecule has 7 nitrogen and oxygen atoms in total. The van der Waals surface area contributed by atoms with E-state index in [1.807, 2.05) is 47.5 Å². The normalized spacial score (nSPS) is 19.4. The number of allylic oxidation sites excluding steroid dienone is 1. The first kappa shape index (κ1) is 23.7. The molecule has 1 saturated heterocycles. The molecular formula is C27H33N5O2. The number of anilines is 1. The third-order valence-corrected chi connectivity index (χ3v) is 6.46. The highest BCUT2D eigenvalue weighted by Crippen LogP contribution is 2.37. The summed E-state index contributed by atoms with van der Waals surface area (Å²) in [4.78, 5) is 20.0. The molecule has 0 aromatic heterocycles. The lowest BCUT2D eigenvalue weighted by atomic mass is 9.81. The molecule has 2 aromatic carbocycles. The molecule has 1 fully saturated rings. The van der Waals surface area contributed by atoms with Gasteiger partial charge in [-0.05, 0) is 49.5 Å². The minimum atomic E-state index is -0.396. The Morgan fingerprint density at radius 1 is 1.06 bits per heavy atom. The average molecular weight is 460 g/mol. The van der Waals surface area contributed by atoms with Crippen molar-refractivity contribution in [1.82, 2.24) is 15.7 Å². The van der Waals surface area contributed by atoms with Gasteiger partial charge in [-0.25, -0.2) is 10.3 Å². The number of para-hydroxylation sites is 1. The number of carbonyl (C=O) groups is 1. The van der Waals surface area contributed by atoms with E-state index in [4.69, 9.17) is 10.2 Å². The van der Waals surface area contributed by atoms with Crippen LogP contribution in [0.5, 0.6) is 0 Å². The van der Waals surface area contributed by atoms with Crippen molar-refractivity contribution in [2.45, 2.75) is 38.1 Å². The topological polar surface area (TPSA) is 89.0 Å². The maximum Gasteiger partial charge on any atom is 0.321 e. The number of carbonyl (C=O) groups excluding carboxylic acids is 1. The second-order valence-corrected chi connectivity index (χ2v) is 8.93. The molecule has 2 heterocycles. The predicted molar refractivity (Wildman–Crippen MR) is 136 cm³/mol. The third-order valence-electron chi connectivity index (χ3n) is 6.46. The van der Waals surface area contributed by atoms with Gasteiger partial charge in [-0.2, -0.15) is 0 Å². The Bertz CT molecular complexity index is 1050. The number of likely N-dealkylation sites (tertiary alicyclic amines) is 1. The summed E-state index contributed by atoms with van der Waals surface area (Å²) < 4.78 is 0. The van der Waals surface area contributed by atoms with Gasteiger partial charge < -0.3 is 20.7 Å². The summed E-state index contributed by atoms with van der Waals surface area (Å²) >= 11 is 0. The molecule has 0 saturated carbocycles. The SMILES string of the molecule is CC1=CC(CNO)=CNC(=NC2(c3ccccc3)CCN(C(=O)Nc3ccccc3)CC2)CC1. The van der Waals surface area contributed by atoms with Crippen LogP contribution in [0.3, 0.4) is 0 Å². The quantitative estimate of drug-likeness (QED) is 0.484. The number of urea groups is 1. The van der Waals surface area contributed by atoms with Crippen LogP contribution in [0.25, 0.3) is 0 Å². The van der Waals surface area contributed by atoms with Gasteiger partial charge >= 0.3 is 6.03 Å². The lowest BCUT2D eigenvalue weighted by Crippen LogP contribution is -2.46. The van der Waals surface area contributed by atoms with Crippen LogP contribution >= 0.6 is 0 Å². The van der Waals surface area contributed by atoms with Gasteiger partial charge in [0.15, 0.2) is 0 Å². The Balaban J connectivity index is 1.54. The zero-order valence-electron chi connectivity index (χ0n) is 19.6. The smallest absolute Gasteiger partial charge is 0.321 e. The summed E-state index contributed by atoms with van der Waals surface area (Å²) in [5.74, 6) is 0.925. The van der Waals surface area contributed by atoms with E-state index in [0.29, 0.717) is 19.6 Å². The molecule has 34 heavy (non-hydrogen) atoms. The molecule has 0 radical (unpaired) electrons. The van der Waals surface area contributed by atoms with Gasteiger partial charge in [0.2, 0.25) is 0 Å². The number of hydroxylamine groups is 1. The Morgan fingerprint density at radius 2 is 1.74 bits per heavy atom. The zero-order chi connectivity index (χ0) is 23.8. The van der Waals surface area contributed by atoms with E-state index in [9.17, 15) is 4.79 Å². The van der Waals surface area contributed by atoms with Crippen molar-refractivity contribution < 1.29 is 10.0 Å². The average Bonchev–Trinajstić information content (AvgIpc) is 2.86. The number of amides is 2. The fraction of sp³-hybridized carbons (Fsp3) is 0.333. The molecule has 2 aliphatic heterocycles. The molecule has 7 heteroatoms. The summed E-state index contributed by atoms with van der Waals surface area (Å²) in [6.45, 7) is 3.72. The Hall–Kier alpha value is -3.42. The van der Waals surface area contributed by atoms with Crippen molar-refractivity contribution in [1.29, 1.82) is 0 Å². The van der Waals surface area contributed by atoms with Gasteiger partial charge in [-0.3, -0.25) is 4.99 Å². The van der Waals surface area contributed by atoms with Gasteiger partial charge in [0, 0.05) is 37.9 Å². The van der Waals surface area contributed by atoms with Gasteiger partial charge in [0.05, 0.1) is 5.54 Å². The number of nitrogens with zero attached hydrogens (tertiary/aromatic N) is 2. The number of nitrogens with one attached hydrogen (secondary N) is 3. The molecular weight excluding hydrogens is 426 g/mol. The van der Waals surface area contributed by atoms with Crippen LogP contribution in [-0.2, 0) is 5.54 Å². The summed E-state index contributed by atoms with van der Waals surface area (Å²) in [7, 11) is 0. The van der Waals surface area contributed by atoms with Crippen LogP contribution in [-0.4, -0.2) is 41.6 Å². The summed E-state index contributed by atoms with van der Waals surface area (Å²) in [6, 6.07) is 19.9. The molecule has 2 amide bonds. The van der Waals surface area contributed by atoms with Crippen LogP contribution in [0.15, 0.2) is 89.1 Å². The largest absolute Gasteiger partial charge is 0.350 e. The van der Waals surface area contributed by atoms with Crippen molar-refractivity contribution in [3.8, 4) is 0 Å². The molecule has 0 aliphatic carbocycles. The van der Waals surface area contributed by atoms with E-state index in [2.05, 4.69) is 53.4 Å². The summed E-state index contributed by atoms with van der Waals surface area (Å²) in [5, 5.41) is 15.5. The second kappa shape index (κ2) is 11.1. The molecule has 0 bridgehead atoms. The molecule has 2 aromatic rings. The van der Waals surface area contributed by atoms with Crippen molar-refractivity contribution in [3.05, 3.63) is 89.6 Å². The number of hydrogen-bond donors (Lipinski definition) is 4. The number of benzene rings is 2.